The van der Waals surface area contributed by atoms with E-state index in [9.17, 15) is 0 Å². The molecular formula is C23H22. The normalized spacial score (nSPS) is 12.2. The van der Waals surface area contributed by atoms with Crippen LogP contribution < -0.4 is 0 Å². The Labute approximate surface area is 138 Å². The lowest BCUT2D eigenvalue weighted by Crippen LogP contribution is -1.88. The first kappa shape index (κ1) is 15.3. The summed E-state index contributed by atoms with van der Waals surface area (Å²) in [6.07, 6.45) is 7.54. The zero-order chi connectivity index (χ0) is 16.1. The number of allylic oxidation sites excluding steroid dienone is 3. The second-order valence-electron chi connectivity index (χ2n) is 6.04. The molecule has 0 radical (unpaired) electrons. The van der Waals surface area contributed by atoms with E-state index < -0.39 is 0 Å². The minimum atomic E-state index is 0.986. The Bertz CT molecular complexity index is 861. The summed E-state index contributed by atoms with van der Waals surface area (Å²) >= 11 is 0. The fraction of sp³-hybridized carbons (Fsp3) is 0.130. The molecule has 0 aliphatic heterocycles. The Morgan fingerprint density at radius 2 is 1.61 bits per heavy atom. The first-order valence-corrected chi connectivity index (χ1v) is 8.10. The topological polar surface area (TPSA) is 0 Å². The zero-order valence-corrected chi connectivity index (χ0v) is 13.8. The molecule has 0 nitrogen and oxygen atoms in total. The van der Waals surface area contributed by atoms with Gasteiger partial charge in [-0.05, 0) is 47.7 Å². The highest BCUT2D eigenvalue weighted by Gasteiger charge is 2.00. The van der Waals surface area contributed by atoms with Gasteiger partial charge in [-0.2, -0.15) is 0 Å². The number of aryl methyl sites for hydroxylation is 1. The second-order valence-corrected chi connectivity index (χ2v) is 6.04. The number of rotatable bonds is 4. The van der Waals surface area contributed by atoms with E-state index in [4.69, 9.17) is 0 Å². The molecule has 0 amide bonds. The number of hydrogen-bond acceptors (Lipinski definition) is 0. The summed E-state index contributed by atoms with van der Waals surface area (Å²) in [5.41, 5.74) is 5.35. The quantitative estimate of drug-likeness (QED) is 0.492. The summed E-state index contributed by atoms with van der Waals surface area (Å²) in [4.78, 5) is 0. The van der Waals surface area contributed by atoms with Gasteiger partial charge in [-0.25, -0.2) is 0 Å². The van der Waals surface area contributed by atoms with Gasteiger partial charge in [0, 0.05) is 0 Å². The van der Waals surface area contributed by atoms with Crippen LogP contribution in [-0.4, -0.2) is 0 Å². The van der Waals surface area contributed by atoms with Gasteiger partial charge in [0.05, 0.1) is 0 Å². The third kappa shape index (κ3) is 3.78. The molecule has 0 heteroatoms. The smallest absolute Gasteiger partial charge is 0.00606 e. The van der Waals surface area contributed by atoms with Crippen molar-refractivity contribution < 1.29 is 0 Å². The predicted octanol–water partition coefficient (Wildman–Crippen LogP) is 6.35. The van der Waals surface area contributed by atoms with Crippen molar-refractivity contribution in [1.29, 1.82) is 0 Å². The van der Waals surface area contributed by atoms with E-state index in [-0.39, 0.29) is 0 Å². The second kappa shape index (κ2) is 7.11. The Morgan fingerprint density at radius 1 is 0.870 bits per heavy atom. The minimum absolute atomic E-state index is 0.986. The molecule has 0 aliphatic rings. The van der Waals surface area contributed by atoms with Crippen LogP contribution in [0.3, 0.4) is 0 Å². The molecule has 3 aromatic rings. The van der Waals surface area contributed by atoms with Crippen LogP contribution in [0.4, 0.5) is 0 Å². The lowest BCUT2D eigenvalue weighted by atomic mass is 9.99. The van der Waals surface area contributed by atoms with Gasteiger partial charge in [0.1, 0.15) is 0 Å². The Kier molecular flexibility index (Phi) is 4.73. The molecule has 0 aromatic heterocycles. The highest BCUT2D eigenvalue weighted by Crippen LogP contribution is 2.21. The molecule has 0 unspecified atom stereocenters. The third-order valence-corrected chi connectivity index (χ3v) is 4.19. The molecule has 0 heterocycles. The van der Waals surface area contributed by atoms with E-state index in [0.717, 1.165) is 6.42 Å². The van der Waals surface area contributed by atoms with Gasteiger partial charge in [0.25, 0.3) is 0 Å². The number of benzene rings is 3. The molecule has 0 fully saturated rings. The van der Waals surface area contributed by atoms with Gasteiger partial charge < -0.3 is 0 Å². The van der Waals surface area contributed by atoms with E-state index >= 15 is 0 Å². The summed E-state index contributed by atoms with van der Waals surface area (Å²) in [5, 5.41) is 2.67. The van der Waals surface area contributed by atoms with Crippen LogP contribution in [0.25, 0.3) is 16.8 Å². The first-order chi connectivity index (χ1) is 11.2. The average Bonchev–Trinajstić information content (AvgIpc) is 2.57. The fourth-order valence-corrected chi connectivity index (χ4v) is 2.90. The van der Waals surface area contributed by atoms with E-state index in [2.05, 4.69) is 98.8 Å². The molecule has 0 saturated heterocycles. The predicted molar refractivity (Wildman–Crippen MR) is 102 cm³/mol. The molecule has 0 N–H and O–H groups in total. The summed E-state index contributed by atoms with van der Waals surface area (Å²) in [7, 11) is 0. The van der Waals surface area contributed by atoms with E-state index in [1.807, 2.05) is 0 Å². The van der Waals surface area contributed by atoms with Crippen molar-refractivity contribution in [3.8, 4) is 0 Å². The van der Waals surface area contributed by atoms with Crippen LogP contribution in [0.15, 0.2) is 84.5 Å². The van der Waals surface area contributed by atoms with E-state index in [1.165, 1.54) is 33.0 Å². The number of hydrogen-bond donors (Lipinski definition) is 0. The van der Waals surface area contributed by atoms with Gasteiger partial charge in [0.15, 0.2) is 0 Å². The van der Waals surface area contributed by atoms with Crippen LogP contribution in [0.5, 0.6) is 0 Å². The summed E-state index contributed by atoms with van der Waals surface area (Å²) in [6.45, 7) is 4.34. The average molecular weight is 298 g/mol. The molecule has 0 bridgehead atoms. The minimum Gasteiger partial charge on any atom is -0.0689 e. The van der Waals surface area contributed by atoms with Crippen molar-refractivity contribution >= 4 is 16.8 Å². The maximum absolute atomic E-state index is 2.23. The van der Waals surface area contributed by atoms with Crippen LogP contribution in [0, 0.1) is 6.92 Å². The van der Waals surface area contributed by atoms with Crippen molar-refractivity contribution in [3.05, 3.63) is 101 Å². The van der Waals surface area contributed by atoms with Crippen LogP contribution in [0.2, 0.25) is 0 Å². The third-order valence-electron chi connectivity index (χ3n) is 4.19. The van der Waals surface area contributed by atoms with Crippen molar-refractivity contribution in [2.24, 2.45) is 0 Å². The van der Waals surface area contributed by atoms with E-state index in [0.29, 0.717) is 0 Å². The Morgan fingerprint density at radius 3 is 2.48 bits per heavy atom. The maximum Gasteiger partial charge on any atom is -0.00606 e. The largest absolute Gasteiger partial charge is 0.0689 e. The Hall–Kier alpha value is -2.60. The van der Waals surface area contributed by atoms with Crippen molar-refractivity contribution in [3.63, 3.8) is 0 Å². The molecule has 0 spiro atoms. The van der Waals surface area contributed by atoms with Crippen LogP contribution in [-0.2, 0) is 6.42 Å². The highest BCUT2D eigenvalue weighted by molar-refractivity contribution is 5.85. The summed E-state index contributed by atoms with van der Waals surface area (Å²) < 4.78 is 0. The lowest BCUT2D eigenvalue weighted by Gasteiger charge is -2.06. The van der Waals surface area contributed by atoms with Gasteiger partial charge in [-0.3, -0.25) is 0 Å². The van der Waals surface area contributed by atoms with Gasteiger partial charge in [-0.15, -0.1) is 0 Å². The highest BCUT2D eigenvalue weighted by atomic mass is 14.0. The molecule has 3 rings (SSSR count). The lowest BCUT2D eigenvalue weighted by molar-refractivity contribution is 1.16. The standard InChI is InChI=1S/C23H22/c1-18(9-7-13-20-11-4-3-10-19(20)2)17-22-15-8-14-21-12-5-6-16-23(21)22/h3-16H,17H2,1-2H3/b13-7-,18-9+. The Balaban J connectivity index is 1.78. The molecule has 114 valence electrons. The van der Waals surface area contributed by atoms with Crippen LogP contribution in [0.1, 0.15) is 23.6 Å². The van der Waals surface area contributed by atoms with Gasteiger partial charge >= 0.3 is 0 Å². The van der Waals surface area contributed by atoms with Gasteiger partial charge in [0.2, 0.25) is 0 Å². The SMILES string of the molecule is C/C(=C\C=C/c1ccccc1C)Cc1cccc2ccccc12. The van der Waals surface area contributed by atoms with Crippen molar-refractivity contribution in [2.75, 3.05) is 0 Å². The van der Waals surface area contributed by atoms with Gasteiger partial charge in [-0.1, -0.05) is 90.5 Å². The molecular weight excluding hydrogens is 276 g/mol. The fourth-order valence-electron chi connectivity index (χ4n) is 2.90. The molecule has 3 aromatic carbocycles. The first-order valence-electron chi connectivity index (χ1n) is 8.10. The monoisotopic (exact) mass is 298 g/mol. The molecule has 0 atom stereocenters. The van der Waals surface area contributed by atoms with Crippen molar-refractivity contribution in [1.82, 2.24) is 0 Å². The maximum atomic E-state index is 2.23. The van der Waals surface area contributed by atoms with Crippen molar-refractivity contribution in [2.45, 2.75) is 20.3 Å². The van der Waals surface area contributed by atoms with E-state index in [1.54, 1.807) is 0 Å². The zero-order valence-electron chi connectivity index (χ0n) is 13.8. The molecule has 0 aliphatic carbocycles. The number of fused-ring (bicyclic) bond motifs is 1. The molecule has 0 saturated carbocycles. The summed E-state index contributed by atoms with van der Waals surface area (Å²) in [6, 6.07) is 23.6. The molecule has 23 heavy (non-hydrogen) atoms. The van der Waals surface area contributed by atoms with Crippen LogP contribution >= 0.6 is 0 Å². The summed E-state index contributed by atoms with van der Waals surface area (Å²) in [5.74, 6) is 0.